The molecule has 0 atom stereocenters. The van der Waals surface area contributed by atoms with Crippen molar-refractivity contribution in [1.82, 2.24) is 5.32 Å². The van der Waals surface area contributed by atoms with Crippen molar-refractivity contribution in [2.45, 2.75) is 33.2 Å². The molecule has 4 nitrogen and oxygen atoms in total. The van der Waals surface area contributed by atoms with Gasteiger partial charge in [-0.05, 0) is 36.5 Å². The van der Waals surface area contributed by atoms with Crippen LogP contribution >= 0.6 is 0 Å². The average molecular weight is 282 g/mol. The Hall–Kier alpha value is -1.46. The van der Waals surface area contributed by atoms with Crippen molar-refractivity contribution in [3.63, 3.8) is 0 Å². The second-order valence-corrected chi connectivity index (χ2v) is 5.77. The van der Waals surface area contributed by atoms with E-state index in [4.69, 9.17) is 10.8 Å². The summed E-state index contributed by atoms with van der Waals surface area (Å²) in [6.07, 6.45) is 1.64. The van der Waals surface area contributed by atoms with E-state index in [2.05, 4.69) is 19.2 Å². The van der Waals surface area contributed by atoms with Gasteiger partial charge < -0.3 is 16.2 Å². The lowest BCUT2D eigenvalue weighted by atomic mass is 9.88. The van der Waals surface area contributed by atoms with Crippen molar-refractivity contribution in [3.05, 3.63) is 35.1 Å². The largest absolute Gasteiger partial charge is 0.396 e. The van der Waals surface area contributed by atoms with Crippen LogP contribution in [0.4, 0.5) is 4.39 Å². The molecule has 0 saturated heterocycles. The zero-order valence-electron chi connectivity index (χ0n) is 12.1. The smallest absolute Gasteiger partial charge is 0.248 e. The molecular formula is C15H23FN2O2. The van der Waals surface area contributed by atoms with Gasteiger partial charge in [-0.1, -0.05) is 13.8 Å². The van der Waals surface area contributed by atoms with E-state index in [1.54, 1.807) is 0 Å². The molecule has 0 saturated carbocycles. The van der Waals surface area contributed by atoms with Crippen LogP contribution in [-0.2, 0) is 6.54 Å². The van der Waals surface area contributed by atoms with Crippen LogP contribution in [0.1, 0.15) is 42.6 Å². The van der Waals surface area contributed by atoms with Gasteiger partial charge in [0.2, 0.25) is 5.91 Å². The van der Waals surface area contributed by atoms with Crippen LogP contribution in [-0.4, -0.2) is 24.2 Å². The molecule has 1 rings (SSSR count). The SMILES string of the molecule is CC(C)(CCCO)CNCc1cc(C(N)=O)ccc1F. The first-order valence-electron chi connectivity index (χ1n) is 6.75. The molecule has 5 heteroatoms. The molecule has 0 bridgehead atoms. The summed E-state index contributed by atoms with van der Waals surface area (Å²) in [5.41, 5.74) is 5.95. The van der Waals surface area contributed by atoms with Gasteiger partial charge in [0.05, 0.1) is 0 Å². The predicted octanol–water partition coefficient (Wildman–Crippen LogP) is 1.81. The highest BCUT2D eigenvalue weighted by molar-refractivity contribution is 5.92. The number of nitrogens with one attached hydrogen (secondary N) is 1. The molecular weight excluding hydrogens is 259 g/mol. The monoisotopic (exact) mass is 282 g/mol. The third-order valence-electron chi connectivity index (χ3n) is 3.26. The van der Waals surface area contributed by atoms with E-state index < -0.39 is 5.91 Å². The van der Waals surface area contributed by atoms with Crippen LogP contribution in [0.3, 0.4) is 0 Å². The number of benzene rings is 1. The van der Waals surface area contributed by atoms with Gasteiger partial charge >= 0.3 is 0 Å². The second kappa shape index (κ2) is 7.36. The Morgan fingerprint density at radius 1 is 1.45 bits per heavy atom. The van der Waals surface area contributed by atoms with Gasteiger partial charge in [-0.2, -0.15) is 0 Å². The van der Waals surface area contributed by atoms with Gasteiger partial charge in [0.1, 0.15) is 5.82 Å². The van der Waals surface area contributed by atoms with Crippen LogP contribution in [0.15, 0.2) is 18.2 Å². The summed E-state index contributed by atoms with van der Waals surface area (Å²) in [5.74, 6) is -0.912. The Labute approximate surface area is 119 Å². The van der Waals surface area contributed by atoms with Gasteiger partial charge in [0.25, 0.3) is 0 Å². The van der Waals surface area contributed by atoms with E-state index in [9.17, 15) is 9.18 Å². The third-order valence-corrected chi connectivity index (χ3v) is 3.26. The van der Waals surface area contributed by atoms with E-state index in [0.29, 0.717) is 24.2 Å². The minimum atomic E-state index is -0.561. The molecule has 0 aliphatic heterocycles. The predicted molar refractivity (Wildman–Crippen MR) is 76.7 cm³/mol. The van der Waals surface area contributed by atoms with E-state index in [-0.39, 0.29) is 17.8 Å². The molecule has 0 fully saturated rings. The number of amides is 1. The van der Waals surface area contributed by atoms with Crippen LogP contribution in [0.5, 0.6) is 0 Å². The summed E-state index contributed by atoms with van der Waals surface area (Å²) in [5, 5.41) is 12.0. The Morgan fingerprint density at radius 2 is 2.15 bits per heavy atom. The summed E-state index contributed by atoms with van der Waals surface area (Å²) >= 11 is 0. The number of carbonyl (C=O) groups excluding carboxylic acids is 1. The number of aliphatic hydroxyl groups is 1. The number of halogens is 1. The zero-order chi connectivity index (χ0) is 15.2. The molecule has 1 amide bonds. The highest BCUT2D eigenvalue weighted by Crippen LogP contribution is 2.21. The maximum atomic E-state index is 13.6. The number of carbonyl (C=O) groups is 1. The van der Waals surface area contributed by atoms with Crippen molar-refractivity contribution >= 4 is 5.91 Å². The fraction of sp³-hybridized carbons (Fsp3) is 0.533. The Balaban J connectivity index is 2.57. The minimum Gasteiger partial charge on any atom is -0.396 e. The molecule has 0 aromatic heterocycles. The highest BCUT2D eigenvalue weighted by Gasteiger charge is 2.17. The first kappa shape index (κ1) is 16.6. The maximum Gasteiger partial charge on any atom is 0.248 e. The molecule has 0 radical (unpaired) electrons. The number of aliphatic hydroxyl groups excluding tert-OH is 1. The molecule has 0 aliphatic carbocycles. The van der Waals surface area contributed by atoms with E-state index in [1.807, 2.05) is 0 Å². The number of hydrogen-bond acceptors (Lipinski definition) is 3. The topological polar surface area (TPSA) is 75.3 Å². The number of nitrogens with two attached hydrogens (primary N) is 1. The molecule has 112 valence electrons. The molecule has 0 unspecified atom stereocenters. The minimum absolute atomic E-state index is 0.0283. The Morgan fingerprint density at radius 3 is 2.75 bits per heavy atom. The first-order chi connectivity index (χ1) is 9.35. The van der Waals surface area contributed by atoms with Crippen LogP contribution in [0, 0.1) is 11.2 Å². The van der Waals surface area contributed by atoms with Crippen LogP contribution in [0.25, 0.3) is 0 Å². The van der Waals surface area contributed by atoms with Crippen molar-refractivity contribution in [3.8, 4) is 0 Å². The highest BCUT2D eigenvalue weighted by atomic mass is 19.1. The Bertz CT molecular complexity index is 461. The normalized spacial score (nSPS) is 11.6. The zero-order valence-corrected chi connectivity index (χ0v) is 12.1. The van der Waals surface area contributed by atoms with Crippen molar-refractivity contribution in [2.24, 2.45) is 11.1 Å². The lowest BCUT2D eigenvalue weighted by Gasteiger charge is -2.24. The van der Waals surface area contributed by atoms with Gasteiger partial charge in [-0.3, -0.25) is 4.79 Å². The van der Waals surface area contributed by atoms with Crippen molar-refractivity contribution in [1.29, 1.82) is 0 Å². The lowest BCUT2D eigenvalue weighted by molar-refractivity contribution is 0.1000. The summed E-state index contributed by atoms with van der Waals surface area (Å²) < 4.78 is 13.6. The van der Waals surface area contributed by atoms with Crippen molar-refractivity contribution in [2.75, 3.05) is 13.2 Å². The molecule has 0 spiro atoms. The quantitative estimate of drug-likeness (QED) is 0.680. The number of rotatable bonds is 8. The standard InChI is InChI=1S/C15H23FN2O2/c1-15(2,6-3-7-19)10-18-9-12-8-11(14(17)20)4-5-13(12)16/h4-5,8,18-19H,3,6-7,9-10H2,1-2H3,(H2,17,20). The first-order valence-corrected chi connectivity index (χ1v) is 6.75. The summed E-state index contributed by atoms with van der Waals surface area (Å²) in [6, 6.07) is 4.12. The fourth-order valence-corrected chi connectivity index (χ4v) is 2.05. The second-order valence-electron chi connectivity index (χ2n) is 5.77. The number of hydrogen-bond donors (Lipinski definition) is 3. The lowest BCUT2D eigenvalue weighted by Crippen LogP contribution is -2.29. The average Bonchev–Trinajstić information content (AvgIpc) is 2.38. The molecule has 1 aromatic carbocycles. The number of primary amides is 1. The summed E-state index contributed by atoms with van der Waals surface area (Å²) in [6.45, 7) is 5.40. The summed E-state index contributed by atoms with van der Waals surface area (Å²) in [7, 11) is 0. The molecule has 0 heterocycles. The molecule has 4 N–H and O–H groups in total. The van der Waals surface area contributed by atoms with Gasteiger partial charge in [-0.15, -0.1) is 0 Å². The van der Waals surface area contributed by atoms with Gasteiger partial charge in [0, 0.05) is 30.8 Å². The van der Waals surface area contributed by atoms with E-state index >= 15 is 0 Å². The summed E-state index contributed by atoms with van der Waals surface area (Å²) in [4.78, 5) is 11.1. The molecule has 20 heavy (non-hydrogen) atoms. The van der Waals surface area contributed by atoms with E-state index in [1.165, 1.54) is 18.2 Å². The van der Waals surface area contributed by atoms with Crippen molar-refractivity contribution < 1.29 is 14.3 Å². The van der Waals surface area contributed by atoms with Crippen LogP contribution in [0.2, 0.25) is 0 Å². The fourth-order valence-electron chi connectivity index (χ4n) is 2.05. The Kier molecular flexibility index (Phi) is 6.10. The van der Waals surface area contributed by atoms with Gasteiger partial charge in [0.15, 0.2) is 0 Å². The molecule has 1 aromatic rings. The van der Waals surface area contributed by atoms with E-state index in [0.717, 1.165) is 12.8 Å². The van der Waals surface area contributed by atoms with Gasteiger partial charge in [-0.25, -0.2) is 4.39 Å². The maximum absolute atomic E-state index is 13.6. The molecule has 0 aliphatic rings. The van der Waals surface area contributed by atoms with Crippen LogP contribution < -0.4 is 11.1 Å². The third kappa shape index (κ3) is 5.27.